The molecule has 2 amide bonds. The predicted octanol–water partition coefficient (Wildman–Crippen LogP) is 4.75. The predicted molar refractivity (Wildman–Crippen MR) is 142 cm³/mol. The summed E-state index contributed by atoms with van der Waals surface area (Å²) in [5.74, 6) is -0.830. The lowest BCUT2D eigenvalue weighted by molar-refractivity contribution is -0.143. The number of benzene rings is 1. The minimum absolute atomic E-state index is 0.0257. The van der Waals surface area contributed by atoms with E-state index in [4.69, 9.17) is 44.3 Å². The average Bonchev–Trinajstić information content (AvgIpc) is 3.16. The Morgan fingerprint density at radius 2 is 1.92 bits per heavy atom. The third kappa shape index (κ3) is 7.33. The highest BCUT2D eigenvalue weighted by Gasteiger charge is 2.23. The molecule has 0 saturated heterocycles. The van der Waals surface area contributed by atoms with Crippen LogP contribution in [-0.2, 0) is 27.6 Å². The first kappa shape index (κ1) is 28.7. The maximum atomic E-state index is 12.7. The molecule has 2 aromatic heterocycles. The van der Waals surface area contributed by atoms with Crippen molar-refractivity contribution in [2.45, 2.75) is 13.3 Å². The lowest BCUT2D eigenvalue weighted by Gasteiger charge is -2.19. The number of nitrogens with zero attached hydrogens (tertiary/aromatic N) is 4. The number of nitrogens with one attached hydrogen (secondary N) is 2. The van der Waals surface area contributed by atoms with Gasteiger partial charge in [0.05, 0.1) is 21.7 Å². The summed E-state index contributed by atoms with van der Waals surface area (Å²) in [6.07, 6.45) is 0.695. The molecule has 2 heterocycles. The van der Waals surface area contributed by atoms with E-state index in [-0.39, 0.29) is 39.3 Å². The van der Waals surface area contributed by atoms with E-state index in [2.05, 4.69) is 36.6 Å². The van der Waals surface area contributed by atoms with Crippen molar-refractivity contribution in [3.63, 3.8) is 0 Å². The first-order valence-electron chi connectivity index (χ1n) is 10.4. The second-order valence-electron chi connectivity index (χ2n) is 7.31. The number of aromatic nitrogens is 3. The molecule has 3 aromatic rings. The fourth-order valence-electron chi connectivity index (χ4n) is 2.92. The van der Waals surface area contributed by atoms with Gasteiger partial charge in [0.1, 0.15) is 17.6 Å². The van der Waals surface area contributed by atoms with Crippen LogP contribution in [0.4, 0.5) is 16.3 Å². The minimum Gasteiger partial charge on any atom is -0.460 e. The number of rotatable bonds is 9. The molecule has 0 aliphatic rings. The minimum atomic E-state index is -0.789. The molecule has 0 fully saturated rings. The summed E-state index contributed by atoms with van der Waals surface area (Å²) in [6.45, 7) is -0.454. The standard InChI is InChI=1S/C22H20BrCl3N6O5/c1-27-9-16(33)36-10-12-4-3-7-28-20(12)31(2)22(35)37-11-32-19(26)17(23)18(30-32)21(34)29-15-6-5-13(24)8-14(15)25/h3-8,27H,9-11H2,1-2H3,(H,29,34). The van der Waals surface area contributed by atoms with Crippen LogP contribution in [0.1, 0.15) is 16.1 Å². The zero-order valence-corrected chi connectivity index (χ0v) is 23.3. The largest absolute Gasteiger partial charge is 0.460 e. The van der Waals surface area contributed by atoms with Gasteiger partial charge in [0.25, 0.3) is 5.91 Å². The molecule has 11 nitrogen and oxygen atoms in total. The Morgan fingerprint density at radius 3 is 2.62 bits per heavy atom. The first-order valence-corrected chi connectivity index (χ1v) is 12.4. The summed E-state index contributed by atoms with van der Waals surface area (Å²) in [6, 6.07) is 7.90. The highest BCUT2D eigenvalue weighted by Crippen LogP contribution is 2.29. The first-order chi connectivity index (χ1) is 17.6. The Balaban J connectivity index is 1.67. The highest BCUT2D eigenvalue weighted by molar-refractivity contribution is 9.10. The Kier molecular flexibility index (Phi) is 10.1. The number of likely N-dealkylation sites (N-methyl/N-ethyl adjacent to an activating group) is 1. The quantitative estimate of drug-likeness (QED) is 0.323. The van der Waals surface area contributed by atoms with Crippen molar-refractivity contribution < 1.29 is 23.9 Å². The van der Waals surface area contributed by atoms with E-state index in [9.17, 15) is 14.4 Å². The fourth-order valence-corrected chi connectivity index (χ4v) is 4.02. The van der Waals surface area contributed by atoms with Crippen molar-refractivity contribution in [1.82, 2.24) is 20.1 Å². The number of carbonyl (C=O) groups is 3. The lowest BCUT2D eigenvalue weighted by atomic mass is 10.2. The van der Waals surface area contributed by atoms with Crippen molar-refractivity contribution in [2.75, 3.05) is 30.9 Å². The molecule has 15 heteroatoms. The monoisotopic (exact) mass is 632 g/mol. The van der Waals surface area contributed by atoms with Crippen LogP contribution in [0.25, 0.3) is 0 Å². The molecule has 3 rings (SSSR count). The van der Waals surface area contributed by atoms with Crippen molar-refractivity contribution >= 4 is 80.2 Å². The summed E-state index contributed by atoms with van der Waals surface area (Å²) in [5.41, 5.74) is 0.756. The van der Waals surface area contributed by atoms with Crippen molar-refractivity contribution in [2.24, 2.45) is 0 Å². The number of ether oxygens (including phenoxy) is 2. The van der Waals surface area contributed by atoms with E-state index in [0.717, 1.165) is 9.58 Å². The number of esters is 1. The summed E-state index contributed by atoms with van der Waals surface area (Å²) in [4.78, 5) is 42.4. The Hall–Kier alpha value is -2.90. The van der Waals surface area contributed by atoms with Crippen molar-refractivity contribution in [3.05, 3.63) is 67.5 Å². The van der Waals surface area contributed by atoms with Crippen LogP contribution in [0.2, 0.25) is 15.2 Å². The number of halogens is 4. The van der Waals surface area contributed by atoms with Crippen LogP contribution in [0.5, 0.6) is 0 Å². The van der Waals surface area contributed by atoms with Crippen LogP contribution in [0.15, 0.2) is 41.0 Å². The summed E-state index contributed by atoms with van der Waals surface area (Å²) < 4.78 is 11.8. The summed E-state index contributed by atoms with van der Waals surface area (Å²) >= 11 is 21.5. The third-order valence-corrected chi connectivity index (χ3v) is 6.62. The van der Waals surface area contributed by atoms with Crippen LogP contribution < -0.4 is 15.5 Å². The van der Waals surface area contributed by atoms with Crippen LogP contribution in [0.3, 0.4) is 0 Å². The van der Waals surface area contributed by atoms with Gasteiger partial charge in [-0.1, -0.05) is 40.9 Å². The van der Waals surface area contributed by atoms with Gasteiger partial charge in [0.2, 0.25) is 0 Å². The molecular weight excluding hydrogens is 615 g/mol. The molecule has 37 heavy (non-hydrogen) atoms. The lowest BCUT2D eigenvalue weighted by Crippen LogP contribution is -2.30. The number of hydrogen-bond acceptors (Lipinski definition) is 8. The van der Waals surface area contributed by atoms with Crippen LogP contribution in [0, 0.1) is 0 Å². The van der Waals surface area contributed by atoms with Crippen molar-refractivity contribution in [1.29, 1.82) is 0 Å². The third-order valence-electron chi connectivity index (χ3n) is 4.71. The number of anilines is 2. The average molecular weight is 635 g/mol. The van der Waals surface area contributed by atoms with Crippen LogP contribution >= 0.6 is 50.7 Å². The SMILES string of the molecule is CNCC(=O)OCc1cccnc1N(C)C(=O)OCn1nc(C(=O)Nc2ccc(Cl)cc2Cl)c(Br)c1Cl. The second-order valence-corrected chi connectivity index (χ2v) is 9.30. The Labute approximate surface area is 235 Å². The maximum Gasteiger partial charge on any atom is 0.417 e. The van der Waals surface area contributed by atoms with Crippen molar-refractivity contribution in [3.8, 4) is 0 Å². The second kappa shape index (κ2) is 13.1. The van der Waals surface area contributed by atoms with Gasteiger partial charge in [0.15, 0.2) is 12.4 Å². The van der Waals surface area contributed by atoms with E-state index in [1.165, 1.54) is 19.3 Å². The molecule has 196 valence electrons. The number of hydrogen-bond donors (Lipinski definition) is 2. The van der Waals surface area contributed by atoms with Gasteiger partial charge in [-0.3, -0.25) is 14.5 Å². The van der Waals surface area contributed by atoms with Gasteiger partial charge in [-0.2, -0.15) is 5.10 Å². The maximum absolute atomic E-state index is 12.7. The molecular formula is C22H20BrCl3N6O5. The molecule has 1 aromatic carbocycles. The van der Waals surface area contributed by atoms with Crippen LogP contribution in [-0.4, -0.2) is 53.4 Å². The molecule has 0 saturated carbocycles. The van der Waals surface area contributed by atoms with Gasteiger partial charge in [-0.05, 0) is 47.2 Å². The molecule has 0 aliphatic carbocycles. The molecule has 0 atom stereocenters. The van der Waals surface area contributed by atoms with Gasteiger partial charge < -0.3 is 20.1 Å². The summed E-state index contributed by atoms with van der Waals surface area (Å²) in [7, 11) is 3.06. The number of carbonyl (C=O) groups excluding carboxylic acids is 3. The van der Waals surface area contributed by atoms with Gasteiger partial charge in [-0.25, -0.2) is 14.5 Å². The molecule has 0 radical (unpaired) electrons. The number of pyridine rings is 1. The fraction of sp³-hybridized carbons (Fsp3) is 0.227. The van der Waals surface area contributed by atoms with Gasteiger partial charge >= 0.3 is 12.1 Å². The van der Waals surface area contributed by atoms with Gasteiger partial charge in [0, 0.05) is 23.8 Å². The molecule has 2 N–H and O–H groups in total. The molecule has 0 aliphatic heterocycles. The zero-order valence-electron chi connectivity index (χ0n) is 19.4. The Bertz CT molecular complexity index is 1320. The summed E-state index contributed by atoms with van der Waals surface area (Å²) in [5, 5.41) is 10.1. The molecule has 0 bridgehead atoms. The van der Waals surface area contributed by atoms with Gasteiger partial charge in [-0.15, -0.1) is 0 Å². The molecule has 0 unspecified atom stereocenters. The zero-order chi connectivity index (χ0) is 27.1. The van der Waals surface area contributed by atoms with E-state index in [0.29, 0.717) is 16.3 Å². The Morgan fingerprint density at radius 1 is 1.16 bits per heavy atom. The topological polar surface area (TPSA) is 128 Å². The normalized spacial score (nSPS) is 10.6. The molecule has 0 spiro atoms. The smallest absolute Gasteiger partial charge is 0.417 e. The van der Waals surface area contributed by atoms with E-state index in [1.54, 1.807) is 31.3 Å². The highest BCUT2D eigenvalue weighted by atomic mass is 79.9. The van der Waals surface area contributed by atoms with E-state index in [1.807, 2.05) is 0 Å². The van der Waals surface area contributed by atoms with E-state index < -0.39 is 24.7 Å². The van der Waals surface area contributed by atoms with E-state index >= 15 is 0 Å². The number of amides is 2.